The first-order valence-electron chi connectivity index (χ1n) is 5.81. The van der Waals surface area contributed by atoms with Gasteiger partial charge in [-0.1, -0.05) is 0 Å². The highest BCUT2D eigenvalue weighted by molar-refractivity contribution is 5.72. The van der Waals surface area contributed by atoms with Crippen molar-refractivity contribution < 1.29 is 45.6 Å². The van der Waals surface area contributed by atoms with E-state index in [1.807, 2.05) is 0 Å². The highest BCUT2D eigenvalue weighted by Gasteiger charge is 2.33. The van der Waals surface area contributed by atoms with Crippen LogP contribution < -0.4 is 5.32 Å². The molecular weight excluding hydrogens is 278 g/mol. The van der Waals surface area contributed by atoms with Crippen LogP contribution in [0.2, 0.25) is 0 Å². The second-order valence-corrected chi connectivity index (χ2v) is 3.71. The van der Waals surface area contributed by atoms with E-state index in [1.54, 1.807) is 0 Å². The summed E-state index contributed by atoms with van der Waals surface area (Å²) in [5, 5.41) is 70.9. The first-order valence-corrected chi connectivity index (χ1v) is 5.81. The van der Waals surface area contributed by atoms with Crippen molar-refractivity contribution in [2.45, 2.75) is 24.4 Å². The number of carboxylic acids is 1. The third-order valence-corrected chi connectivity index (χ3v) is 2.08. The molecule has 0 radical (unpaired) electrons. The Hall–Kier alpha value is -0.850. The number of aliphatic hydroxyl groups excluding tert-OH is 7. The Labute approximate surface area is 115 Å². The number of carboxylic acid groups (broad SMARTS) is 1. The van der Waals surface area contributed by atoms with Crippen LogP contribution in [0.3, 0.4) is 0 Å². The van der Waals surface area contributed by atoms with E-state index >= 15 is 0 Å². The molecule has 0 fully saturated rings. The zero-order valence-electron chi connectivity index (χ0n) is 10.8. The van der Waals surface area contributed by atoms with E-state index < -0.39 is 37.0 Å². The van der Waals surface area contributed by atoms with Crippen LogP contribution in [0.15, 0.2) is 0 Å². The Morgan fingerprint density at radius 3 is 1.65 bits per heavy atom. The fourth-order valence-electron chi connectivity index (χ4n) is 0.952. The van der Waals surface area contributed by atoms with Gasteiger partial charge in [0.05, 0.1) is 19.8 Å². The molecule has 0 aliphatic heterocycles. The second kappa shape index (κ2) is 13.1. The van der Waals surface area contributed by atoms with Gasteiger partial charge in [0.1, 0.15) is 18.3 Å². The molecule has 10 heteroatoms. The lowest BCUT2D eigenvalue weighted by Gasteiger charge is -2.23. The standard InChI is InChI=1S/C6H12O7.C4H11NO2/c7-1-2(8)3(9)4(10)5(11)6(12)13;6-3-1-5-2-4-7/h2-5,7-11H,1H2,(H,12,13);5-7H,1-4H2/t2-,3-,4+,5-;/m1./s1. The zero-order valence-corrected chi connectivity index (χ0v) is 10.8. The maximum atomic E-state index is 10.1. The molecular formula is C10H23NO9. The van der Waals surface area contributed by atoms with Crippen LogP contribution in [-0.2, 0) is 4.79 Å². The zero-order chi connectivity index (χ0) is 16.1. The molecule has 0 aromatic rings. The maximum Gasteiger partial charge on any atom is 0.335 e. The maximum absolute atomic E-state index is 10.1. The summed E-state index contributed by atoms with van der Waals surface area (Å²) in [7, 11) is 0. The molecule has 0 saturated carbocycles. The third kappa shape index (κ3) is 10.00. The fourth-order valence-corrected chi connectivity index (χ4v) is 0.952. The predicted molar refractivity (Wildman–Crippen MR) is 65.8 cm³/mol. The van der Waals surface area contributed by atoms with E-state index in [0.717, 1.165) is 0 Å². The molecule has 0 aromatic heterocycles. The summed E-state index contributed by atoms with van der Waals surface area (Å²) < 4.78 is 0. The monoisotopic (exact) mass is 301 g/mol. The topological polar surface area (TPSA) is 191 Å². The number of aliphatic carboxylic acids is 1. The van der Waals surface area contributed by atoms with E-state index in [2.05, 4.69) is 5.32 Å². The molecule has 0 saturated heterocycles. The number of rotatable bonds is 9. The molecule has 0 spiro atoms. The molecule has 0 unspecified atom stereocenters. The van der Waals surface area contributed by atoms with Gasteiger partial charge in [0.15, 0.2) is 6.10 Å². The van der Waals surface area contributed by atoms with Crippen LogP contribution in [0.4, 0.5) is 0 Å². The van der Waals surface area contributed by atoms with Gasteiger partial charge in [-0.15, -0.1) is 0 Å². The lowest BCUT2D eigenvalue weighted by Crippen LogP contribution is -2.48. The number of nitrogens with one attached hydrogen (secondary N) is 1. The minimum Gasteiger partial charge on any atom is -0.479 e. The van der Waals surface area contributed by atoms with Gasteiger partial charge in [0, 0.05) is 13.1 Å². The minimum absolute atomic E-state index is 0.139. The van der Waals surface area contributed by atoms with Gasteiger partial charge < -0.3 is 46.2 Å². The molecule has 20 heavy (non-hydrogen) atoms. The number of hydrogen-bond acceptors (Lipinski definition) is 9. The smallest absolute Gasteiger partial charge is 0.335 e. The summed E-state index contributed by atoms with van der Waals surface area (Å²) in [6.45, 7) is 0.575. The molecule has 122 valence electrons. The van der Waals surface area contributed by atoms with Crippen molar-refractivity contribution in [3.63, 3.8) is 0 Å². The Morgan fingerprint density at radius 2 is 1.35 bits per heavy atom. The summed E-state index contributed by atoms with van der Waals surface area (Å²) in [5.41, 5.74) is 0. The molecule has 0 bridgehead atoms. The fraction of sp³-hybridized carbons (Fsp3) is 0.900. The van der Waals surface area contributed by atoms with Crippen LogP contribution in [0.25, 0.3) is 0 Å². The van der Waals surface area contributed by atoms with Crippen LogP contribution in [-0.4, -0.2) is 104 Å². The van der Waals surface area contributed by atoms with Crippen molar-refractivity contribution in [1.29, 1.82) is 0 Å². The van der Waals surface area contributed by atoms with Gasteiger partial charge >= 0.3 is 5.97 Å². The highest BCUT2D eigenvalue weighted by atomic mass is 16.4. The molecule has 9 N–H and O–H groups in total. The van der Waals surface area contributed by atoms with Crippen molar-refractivity contribution in [2.24, 2.45) is 0 Å². The lowest BCUT2D eigenvalue weighted by atomic mass is 10.0. The molecule has 0 rings (SSSR count). The summed E-state index contributed by atoms with van der Waals surface area (Å²) >= 11 is 0. The first-order chi connectivity index (χ1) is 9.33. The van der Waals surface area contributed by atoms with Crippen LogP contribution in [0.1, 0.15) is 0 Å². The van der Waals surface area contributed by atoms with E-state index in [0.29, 0.717) is 13.1 Å². The van der Waals surface area contributed by atoms with Crippen molar-refractivity contribution in [1.82, 2.24) is 5.32 Å². The average Bonchev–Trinajstić information content (AvgIpc) is 2.45. The van der Waals surface area contributed by atoms with Gasteiger partial charge in [-0.05, 0) is 0 Å². The normalized spacial score (nSPS) is 16.6. The third-order valence-electron chi connectivity index (χ3n) is 2.08. The summed E-state index contributed by atoms with van der Waals surface area (Å²) in [6.07, 6.45) is -7.84. The molecule has 0 aromatic carbocycles. The first kappa shape index (κ1) is 21.4. The van der Waals surface area contributed by atoms with Gasteiger partial charge in [-0.2, -0.15) is 0 Å². The average molecular weight is 301 g/mol. The largest absolute Gasteiger partial charge is 0.479 e. The van der Waals surface area contributed by atoms with Gasteiger partial charge in [0.2, 0.25) is 0 Å². The summed E-state index contributed by atoms with van der Waals surface area (Å²) in [5.74, 6) is -1.73. The van der Waals surface area contributed by atoms with E-state index in [-0.39, 0.29) is 13.2 Å². The van der Waals surface area contributed by atoms with Gasteiger partial charge in [-0.25, -0.2) is 4.79 Å². The molecule has 4 atom stereocenters. The van der Waals surface area contributed by atoms with E-state index in [1.165, 1.54) is 0 Å². The Kier molecular flexibility index (Phi) is 14.1. The predicted octanol–water partition coefficient (Wildman–Crippen LogP) is -4.93. The SMILES string of the molecule is O=C(O)[C@H](O)[C@@H](O)[C@H](O)[C@H](O)CO.OCCNCCO. The lowest BCUT2D eigenvalue weighted by molar-refractivity contribution is -0.164. The molecule has 10 nitrogen and oxygen atoms in total. The van der Waals surface area contributed by atoms with Crippen molar-refractivity contribution >= 4 is 5.97 Å². The van der Waals surface area contributed by atoms with Crippen LogP contribution in [0, 0.1) is 0 Å². The molecule has 0 heterocycles. The highest BCUT2D eigenvalue weighted by Crippen LogP contribution is 2.04. The van der Waals surface area contributed by atoms with Gasteiger partial charge in [0.25, 0.3) is 0 Å². The molecule has 0 aliphatic carbocycles. The quantitative estimate of drug-likeness (QED) is 0.186. The van der Waals surface area contributed by atoms with E-state index in [9.17, 15) is 4.79 Å². The van der Waals surface area contributed by atoms with Crippen molar-refractivity contribution in [3.8, 4) is 0 Å². The number of aliphatic hydroxyl groups is 7. The number of carbonyl (C=O) groups is 1. The Morgan fingerprint density at radius 1 is 0.900 bits per heavy atom. The minimum atomic E-state index is -2.20. The number of hydrogen-bond donors (Lipinski definition) is 9. The van der Waals surface area contributed by atoms with Crippen LogP contribution >= 0.6 is 0 Å². The van der Waals surface area contributed by atoms with Gasteiger partial charge in [-0.3, -0.25) is 0 Å². The Bertz CT molecular complexity index is 237. The van der Waals surface area contributed by atoms with Crippen molar-refractivity contribution in [2.75, 3.05) is 32.9 Å². The second-order valence-electron chi connectivity index (χ2n) is 3.71. The summed E-state index contributed by atoms with van der Waals surface area (Å²) in [6, 6.07) is 0. The van der Waals surface area contributed by atoms with E-state index in [4.69, 9.17) is 40.9 Å². The van der Waals surface area contributed by atoms with Crippen LogP contribution in [0.5, 0.6) is 0 Å². The molecule has 0 amide bonds. The Balaban J connectivity index is 0. The van der Waals surface area contributed by atoms with Crippen molar-refractivity contribution in [3.05, 3.63) is 0 Å². The molecule has 0 aliphatic rings. The summed E-state index contributed by atoms with van der Waals surface area (Å²) in [4.78, 5) is 10.1.